The van der Waals surface area contributed by atoms with Crippen molar-refractivity contribution < 1.29 is 122 Å². The van der Waals surface area contributed by atoms with Crippen molar-refractivity contribution in [1.29, 1.82) is 0 Å². The van der Waals surface area contributed by atoms with E-state index in [1.807, 2.05) is 0 Å². The third kappa shape index (κ3) is 25.6. The van der Waals surface area contributed by atoms with Gasteiger partial charge in [-0.3, -0.25) is 33.6 Å². The van der Waals surface area contributed by atoms with Gasteiger partial charge in [-0.05, 0) is 61.2 Å². The molecular formula is C58H92N14O23S3+4. The molecule has 1 aliphatic rings. The molecule has 5 unspecified atom stereocenters. The summed E-state index contributed by atoms with van der Waals surface area (Å²) in [7, 11) is -5.54. The van der Waals surface area contributed by atoms with Crippen LogP contribution < -0.4 is 46.8 Å². The molecule has 40 heteroatoms. The van der Waals surface area contributed by atoms with Gasteiger partial charge in [0.2, 0.25) is 33.2 Å². The van der Waals surface area contributed by atoms with Crippen LogP contribution in [-0.4, -0.2) is 305 Å². The maximum absolute atomic E-state index is 14.0. The van der Waals surface area contributed by atoms with Crippen molar-refractivity contribution in [2.75, 3.05) is 150 Å². The molecule has 5 rings (SSSR count). The number of fused-ring (bicyclic) bond motifs is 1. The highest BCUT2D eigenvalue weighted by Crippen LogP contribution is 2.35. The molecule has 2 aromatic carbocycles. The fourth-order valence-electron chi connectivity index (χ4n) is 11.2. The van der Waals surface area contributed by atoms with E-state index in [1.54, 1.807) is 70.4 Å². The van der Waals surface area contributed by atoms with Crippen LogP contribution in [0, 0.1) is 13.8 Å². The van der Waals surface area contributed by atoms with E-state index in [2.05, 4.69) is 46.6 Å². The molecule has 5 atom stereocenters. The minimum atomic E-state index is -4.62. The summed E-state index contributed by atoms with van der Waals surface area (Å²) < 4.78 is 96.7. The SMILES string of the molecule is Cc1cc(OCCCC(=O)NCCNC(=O)C(CS(O)(O)O)NC(=O)C(CS(O)(O)O)NC(=O)C[N+]2(C)CC[N+](C)(CC(=O)O)CC[N+](C)(CC(=O)O)CC[N+](C)(CC(=O)O)CC2)cc(C)c1S(=O)(=O)NC(CNC(=O)c1cn(C)c2cc(CNc3ncc[nH]3)ccc2c1=O)C(=O)O. The first-order valence-electron chi connectivity index (χ1n) is 30.6. The number of rotatable bonds is 34. The molecule has 98 heavy (non-hydrogen) atoms. The van der Waals surface area contributed by atoms with E-state index in [0.717, 1.165) is 5.56 Å². The first kappa shape index (κ1) is 80.6. The number of aromatic amines is 1. The lowest BCUT2D eigenvalue weighted by atomic mass is 10.1. The fourth-order valence-corrected chi connectivity index (χ4v) is 14.2. The van der Waals surface area contributed by atoms with Gasteiger partial charge in [-0.15, -0.1) is 0 Å². The summed E-state index contributed by atoms with van der Waals surface area (Å²) in [5.74, 6) is -11.8. The number of ether oxygens (including phenoxy) is 1. The minimum absolute atomic E-state index is 0.0335. The number of hydrogen-bond donors (Lipinski definition) is 18. The molecule has 1 aliphatic heterocycles. The molecule has 0 saturated carbocycles. The molecule has 5 amide bonds. The highest BCUT2D eigenvalue weighted by atomic mass is 32.3. The average Bonchev–Trinajstić information content (AvgIpc) is 0.787. The standard InChI is InChI=1S/C58H88N14O23S3/c1-37-25-40(26-38(2)53(37)98(93,94)67-43(57(85)86)29-63-54(82)42-30-68(3)46-27-39(10-11-41(46)52(42)81)28-64-58-61-14-15-62-58)95-24-8-9-47(73)59-12-13-60-55(83)44(35-96(87,88)89)66-56(84)45(36-97(90,91)92)65-48(74)31-69(4)16-18-70(5,32-49(75)76)20-22-72(7,34-51(79)80)23-21-71(6,19-17-69)33-50(77)78/h10-11,14-15,25-27,30,43-45,67H,8-9,12-13,16-24,28-29,31-36H2,1-7H3,(H13-4,59,60,61,62,63,64,65,66,73,74,75,76,77,78,79,80,82,83,84,85,86,87,88,89,90,91,92)/p+4. The summed E-state index contributed by atoms with van der Waals surface area (Å²) in [5, 5.41) is 54.6. The second kappa shape index (κ2) is 34.1. The normalized spacial score (nSPS) is 20.7. The molecule has 0 aliphatic carbocycles. The Kier molecular flexibility index (Phi) is 28.0. The smallest absolute Gasteiger partial charge is 0.359 e. The molecule has 4 aromatic rings. The van der Waals surface area contributed by atoms with Gasteiger partial charge < -0.3 is 112 Å². The summed E-state index contributed by atoms with van der Waals surface area (Å²) in [4.78, 5) is 136. The quantitative estimate of drug-likeness (QED) is 0.0187. The number of imidazole rings is 1. The van der Waals surface area contributed by atoms with Crippen LogP contribution in [0.4, 0.5) is 5.95 Å². The summed E-state index contributed by atoms with van der Waals surface area (Å²) in [6, 6.07) is 1.80. The van der Waals surface area contributed by atoms with E-state index >= 15 is 0 Å². The molecule has 37 nitrogen and oxygen atoms in total. The molecule has 3 heterocycles. The summed E-state index contributed by atoms with van der Waals surface area (Å²) in [6.07, 6.45) is 4.48. The lowest BCUT2D eigenvalue weighted by Crippen LogP contribution is -2.66. The van der Waals surface area contributed by atoms with Crippen molar-refractivity contribution in [3.05, 3.63) is 81.4 Å². The maximum Gasteiger partial charge on any atom is 0.359 e. The molecule has 546 valence electrons. The highest BCUT2D eigenvalue weighted by molar-refractivity contribution is 8.19. The monoisotopic (exact) mass is 1450 g/mol. The van der Waals surface area contributed by atoms with Gasteiger partial charge in [-0.25, -0.2) is 27.8 Å². The zero-order chi connectivity index (χ0) is 73.4. The number of aliphatic carboxylic acids is 4. The number of nitrogens with one attached hydrogen (secondary N) is 8. The molecular weight excluding hydrogens is 1360 g/mol. The number of H-pyrrole nitrogens is 1. The highest BCUT2D eigenvalue weighted by Gasteiger charge is 2.42. The predicted molar refractivity (Wildman–Crippen MR) is 356 cm³/mol. The number of aromatic nitrogens is 3. The Balaban J connectivity index is 1.14. The van der Waals surface area contributed by atoms with Gasteiger partial charge in [0.15, 0.2) is 32.1 Å². The zero-order valence-corrected chi connectivity index (χ0v) is 57.8. The van der Waals surface area contributed by atoms with E-state index < -0.39 is 146 Å². The number of anilines is 1. The fraction of sp³-hybridized carbons (Fsp3) is 0.534. The number of nitrogens with zero attached hydrogens (tertiary/aromatic N) is 6. The van der Waals surface area contributed by atoms with Crippen molar-refractivity contribution in [3.63, 3.8) is 0 Å². The number of carbonyl (C=O) groups is 9. The van der Waals surface area contributed by atoms with Crippen LogP contribution in [0.2, 0.25) is 0 Å². The van der Waals surface area contributed by atoms with Crippen molar-refractivity contribution in [3.8, 4) is 5.75 Å². The number of sulfonamides is 1. The Morgan fingerprint density at radius 1 is 0.653 bits per heavy atom. The van der Waals surface area contributed by atoms with Crippen LogP contribution in [0.1, 0.15) is 39.9 Å². The van der Waals surface area contributed by atoms with E-state index in [1.165, 1.54) is 32.2 Å². The van der Waals surface area contributed by atoms with Gasteiger partial charge in [0.1, 0.15) is 81.8 Å². The molecule has 0 radical (unpaired) electrons. The van der Waals surface area contributed by atoms with Crippen LogP contribution in [0.15, 0.2) is 58.6 Å². The maximum atomic E-state index is 14.0. The lowest BCUT2D eigenvalue weighted by Gasteiger charge is -2.45. The number of amides is 5. The van der Waals surface area contributed by atoms with Gasteiger partial charge in [0.05, 0.1) is 78.5 Å². The second-order valence-corrected chi connectivity index (χ2v) is 30.5. The van der Waals surface area contributed by atoms with E-state index in [4.69, 9.17) is 4.74 Å². The Hall–Kier alpha value is -8.10. The third-order valence-electron chi connectivity index (χ3n) is 16.6. The Morgan fingerprint density at radius 3 is 1.63 bits per heavy atom. The topological polar surface area (TPSA) is 534 Å². The number of likely N-dealkylation sites (N-methyl/N-ethyl adjacent to an activating group) is 4. The van der Waals surface area contributed by atoms with Gasteiger partial charge in [-0.2, -0.15) is 4.72 Å². The van der Waals surface area contributed by atoms with Crippen molar-refractivity contribution in [2.45, 2.75) is 56.3 Å². The first-order valence-corrected chi connectivity index (χ1v) is 35.5. The zero-order valence-electron chi connectivity index (χ0n) is 55.4. The van der Waals surface area contributed by atoms with Gasteiger partial charge in [0.25, 0.3) is 11.8 Å². The Bertz CT molecular complexity index is 3680. The Morgan fingerprint density at radius 2 is 1.15 bits per heavy atom. The largest absolute Gasteiger partial charge is 0.494 e. The summed E-state index contributed by atoms with van der Waals surface area (Å²) in [6.45, 7) is 1.22. The van der Waals surface area contributed by atoms with Crippen LogP contribution >= 0.6 is 21.7 Å². The van der Waals surface area contributed by atoms with Crippen molar-refractivity contribution in [2.24, 2.45) is 7.05 Å². The molecule has 1 fully saturated rings. The first-order chi connectivity index (χ1) is 45.4. The number of benzene rings is 2. The summed E-state index contributed by atoms with van der Waals surface area (Å²) >= 11 is 0. The minimum Gasteiger partial charge on any atom is -0.494 e. The molecule has 2 aromatic heterocycles. The van der Waals surface area contributed by atoms with Crippen molar-refractivity contribution in [1.82, 2.24) is 45.8 Å². The lowest BCUT2D eigenvalue weighted by molar-refractivity contribution is -1.01. The number of hydrogen-bond acceptors (Lipinski definition) is 21. The molecule has 0 bridgehead atoms. The van der Waals surface area contributed by atoms with Gasteiger partial charge in [0, 0.05) is 63.6 Å². The van der Waals surface area contributed by atoms with E-state index in [-0.39, 0.29) is 142 Å². The van der Waals surface area contributed by atoms with Crippen LogP contribution in [0.5, 0.6) is 5.75 Å². The predicted octanol–water partition coefficient (Wildman–Crippen LogP) is -1.49. The van der Waals surface area contributed by atoms with Gasteiger partial charge >= 0.3 is 23.9 Å². The number of carboxylic acids is 4. The number of pyridine rings is 1. The van der Waals surface area contributed by atoms with Gasteiger partial charge in [-0.1, -0.05) is 6.07 Å². The van der Waals surface area contributed by atoms with Crippen LogP contribution in [0.25, 0.3) is 10.9 Å². The third-order valence-corrected chi connectivity index (χ3v) is 20.0. The summed E-state index contributed by atoms with van der Waals surface area (Å²) in [5.41, 5.74) is 0.649. The second-order valence-electron chi connectivity index (χ2n) is 25.7. The molecule has 0 spiro atoms. The van der Waals surface area contributed by atoms with Crippen molar-refractivity contribution >= 4 is 102 Å². The van der Waals surface area contributed by atoms with Crippen LogP contribution in [0.3, 0.4) is 0 Å². The molecule has 1 saturated heterocycles. The number of carboxylic acid groups (broad SMARTS) is 4. The number of aryl methyl sites for hydroxylation is 3. The average molecular weight is 1450 g/mol. The number of carbonyl (C=O) groups excluding carboxylic acids is 5. The Labute approximate surface area is 567 Å². The van der Waals surface area contributed by atoms with Crippen LogP contribution in [-0.2, 0) is 62.0 Å². The van der Waals surface area contributed by atoms with E-state index in [9.17, 15) is 104 Å². The number of quaternary nitrogens is 4. The molecule has 18 N–H and O–H groups in total. The van der Waals surface area contributed by atoms with E-state index in [0.29, 0.717) is 18.0 Å².